The van der Waals surface area contributed by atoms with Gasteiger partial charge in [-0.1, -0.05) is 36.4 Å². The van der Waals surface area contributed by atoms with Crippen molar-refractivity contribution in [2.24, 2.45) is 4.99 Å². The van der Waals surface area contributed by atoms with Crippen LogP contribution in [-0.4, -0.2) is 24.4 Å². The van der Waals surface area contributed by atoms with E-state index in [1.165, 1.54) is 24.3 Å². The molecule has 0 unspecified atom stereocenters. The number of nitrogens with one attached hydrogen (secondary N) is 1. The van der Waals surface area contributed by atoms with Gasteiger partial charge < -0.3 is 4.57 Å². The van der Waals surface area contributed by atoms with E-state index < -0.39 is 21.5 Å². The molecule has 2 aromatic carbocycles. The molecule has 0 spiro atoms. The van der Waals surface area contributed by atoms with E-state index in [1.807, 2.05) is 53.2 Å². The van der Waals surface area contributed by atoms with Crippen LogP contribution in [0.15, 0.2) is 88.9 Å². The van der Waals surface area contributed by atoms with Gasteiger partial charge in [0.1, 0.15) is 5.49 Å². The third kappa shape index (κ3) is 5.75. The van der Waals surface area contributed by atoms with Crippen LogP contribution in [0, 0.1) is 0 Å². The van der Waals surface area contributed by atoms with Crippen LogP contribution in [0.5, 0.6) is 0 Å². The fraction of sp³-hybridized carbons (Fsp3) is 0.217. The molecule has 0 atom stereocenters. The minimum Gasteiger partial charge on any atom is -0.328 e. The largest absolute Gasteiger partial charge is 0.328 e. The molecule has 6 nitrogen and oxygen atoms in total. The van der Waals surface area contributed by atoms with Gasteiger partial charge in [-0.2, -0.15) is 4.99 Å². The summed E-state index contributed by atoms with van der Waals surface area (Å²) in [6.45, 7) is 5.90. The Kier molecular flexibility index (Phi) is 6.34. The molecule has 30 heavy (non-hydrogen) atoms. The number of nitrogens with zero attached hydrogens (tertiary/aromatic N) is 2. The van der Waals surface area contributed by atoms with Gasteiger partial charge >= 0.3 is 0 Å². The van der Waals surface area contributed by atoms with Crippen molar-refractivity contribution in [2.75, 3.05) is 0 Å². The van der Waals surface area contributed by atoms with Gasteiger partial charge in [-0.3, -0.25) is 4.79 Å². The van der Waals surface area contributed by atoms with E-state index >= 15 is 0 Å². The van der Waals surface area contributed by atoms with Crippen LogP contribution in [0.1, 0.15) is 36.7 Å². The van der Waals surface area contributed by atoms with E-state index in [9.17, 15) is 13.2 Å². The van der Waals surface area contributed by atoms with Gasteiger partial charge in [0.25, 0.3) is 5.91 Å². The zero-order chi connectivity index (χ0) is 21.8. The molecule has 0 aliphatic carbocycles. The van der Waals surface area contributed by atoms with Crippen LogP contribution in [-0.2, 0) is 16.6 Å². The summed E-state index contributed by atoms with van der Waals surface area (Å²) in [7, 11) is -3.66. The lowest BCUT2D eigenvalue weighted by molar-refractivity contribution is 0.0997. The van der Waals surface area contributed by atoms with Crippen molar-refractivity contribution in [2.45, 2.75) is 37.8 Å². The Morgan fingerprint density at radius 1 is 0.933 bits per heavy atom. The van der Waals surface area contributed by atoms with Crippen LogP contribution < -0.4 is 10.2 Å². The number of pyridine rings is 1. The third-order valence-corrected chi connectivity index (χ3v) is 5.95. The highest BCUT2D eigenvalue weighted by atomic mass is 32.2. The SMILES string of the molecule is CC(C)(C)NS(=O)(=O)c1ccc(C(=O)N=c2ccccn2Cc2ccccc2)cc1. The fourth-order valence-electron chi connectivity index (χ4n) is 2.89. The molecule has 1 aromatic heterocycles. The Morgan fingerprint density at radius 3 is 2.20 bits per heavy atom. The highest BCUT2D eigenvalue weighted by molar-refractivity contribution is 7.89. The maximum absolute atomic E-state index is 12.7. The van der Waals surface area contributed by atoms with Gasteiger partial charge in [0.15, 0.2) is 0 Å². The van der Waals surface area contributed by atoms with E-state index in [0.717, 1.165) is 5.56 Å². The van der Waals surface area contributed by atoms with Crippen molar-refractivity contribution in [1.82, 2.24) is 9.29 Å². The average molecular weight is 424 g/mol. The Balaban J connectivity index is 1.85. The van der Waals surface area contributed by atoms with Crippen LogP contribution in [0.4, 0.5) is 0 Å². The number of aromatic nitrogens is 1. The summed E-state index contributed by atoms with van der Waals surface area (Å²) in [6, 6.07) is 21.2. The van der Waals surface area contributed by atoms with Crippen LogP contribution >= 0.6 is 0 Å². The minimum atomic E-state index is -3.66. The van der Waals surface area contributed by atoms with Gasteiger partial charge in [0, 0.05) is 23.8 Å². The first kappa shape index (κ1) is 21.7. The molecular formula is C23H25N3O3S. The lowest BCUT2D eigenvalue weighted by atomic mass is 10.1. The summed E-state index contributed by atoms with van der Waals surface area (Å²) < 4.78 is 29.3. The number of carbonyl (C=O) groups is 1. The number of amides is 1. The van der Waals surface area contributed by atoms with Gasteiger partial charge in [0.05, 0.1) is 4.90 Å². The molecule has 0 aliphatic rings. The van der Waals surface area contributed by atoms with E-state index in [1.54, 1.807) is 26.8 Å². The smallest absolute Gasteiger partial charge is 0.278 e. The Labute approximate surface area is 177 Å². The first-order valence-corrected chi connectivity index (χ1v) is 11.0. The number of rotatable bonds is 5. The molecule has 0 saturated heterocycles. The summed E-state index contributed by atoms with van der Waals surface area (Å²) in [5.74, 6) is -0.434. The third-order valence-electron chi connectivity index (χ3n) is 4.18. The normalized spacial score (nSPS) is 12.7. The van der Waals surface area contributed by atoms with Crippen LogP contribution in [0.2, 0.25) is 0 Å². The molecule has 0 saturated carbocycles. The van der Waals surface area contributed by atoms with E-state index in [4.69, 9.17) is 0 Å². The van der Waals surface area contributed by atoms with Crippen molar-refractivity contribution in [3.8, 4) is 0 Å². The molecule has 1 heterocycles. The topological polar surface area (TPSA) is 80.5 Å². The molecule has 0 radical (unpaired) electrons. The minimum absolute atomic E-state index is 0.104. The average Bonchev–Trinajstić information content (AvgIpc) is 2.68. The molecule has 0 fully saturated rings. The summed E-state index contributed by atoms with van der Waals surface area (Å²) in [4.78, 5) is 17.0. The number of sulfonamides is 1. The maximum Gasteiger partial charge on any atom is 0.278 e. The molecule has 1 N–H and O–H groups in total. The van der Waals surface area contributed by atoms with Crippen LogP contribution in [0.3, 0.4) is 0 Å². The van der Waals surface area contributed by atoms with E-state index in [2.05, 4.69) is 9.71 Å². The first-order chi connectivity index (χ1) is 14.1. The van der Waals surface area contributed by atoms with Gasteiger partial charge in [0.2, 0.25) is 10.0 Å². The van der Waals surface area contributed by atoms with Gasteiger partial charge in [-0.05, 0) is 62.7 Å². The number of carbonyl (C=O) groups excluding carboxylic acids is 1. The van der Waals surface area contributed by atoms with Crippen LogP contribution in [0.25, 0.3) is 0 Å². The second-order valence-electron chi connectivity index (χ2n) is 7.97. The predicted molar refractivity (Wildman–Crippen MR) is 116 cm³/mol. The Bertz CT molecular complexity index is 1190. The van der Waals surface area contributed by atoms with Crippen molar-refractivity contribution in [1.29, 1.82) is 0 Å². The molecule has 3 rings (SSSR count). The summed E-state index contributed by atoms with van der Waals surface area (Å²) in [5, 5.41) is 0. The van der Waals surface area contributed by atoms with Gasteiger partial charge in [-0.25, -0.2) is 13.1 Å². The lowest BCUT2D eigenvalue weighted by Crippen LogP contribution is -2.40. The van der Waals surface area contributed by atoms with Crippen molar-refractivity contribution in [3.05, 3.63) is 95.6 Å². The zero-order valence-electron chi connectivity index (χ0n) is 17.2. The van der Waals surface area contributed by atoms with E-state index in [-0.39, 0.29) is 4.90 Å². The molecular weight excluding hydrogens is 398 g/mol. The summed E-state index contributed by atoms with van der Waals surface area (Å²) >= 11 is 0. The monoisotopic (exact) mass is 423 g/mol. The van der Waals surface area contributed by atoms with Gasteiger partial charge in [-0.15, -0.1) is 0 Å². The number of hydrogen-bond donors (Lipinski definition) is 1. The fourth-order valence-corrected chi connectivity index (χ4v) is 4.31. The van der Waals surface area contributed by atoms with Crippen molar-refractivity contribution < 1.29 is 13.2 Å². The molecule has 0 aliphatic heterocycles. The van der Waals surface area contributed by atoms with Crippen molar-refractivity contribution in [3.63, 3.8) is 0 Å². The standard InChI is InChI=1S/C23H25N3O3S/c1-23(2,3)25-30(28,29)20-14-12-19(13-15-20)22(27)24-21-11-7-8-16-26(21)17-18-9-5-4-6-10-18/h4-16,25H,17H2,1-3H3. The molecule has 3 aromatic rings. The maximum atomic E-state index is 12.7. The second-order valence-corrected chi connectivity index (χ2v) is 9.65. The Hall–Kier alpha value is -3.03. The summed E-state index contributed by atoms with van der Waals surface area (Å²) in [6.07, 6.45) is 1.87. The zero-order valence-corrected chi connectivity index (χ0v) is 18.1. The van der Waals surface area contributed by atoms with E-state index in [0.29, 0.717) is 17.6 Å². The second kappa shape index (κ2) is 8.77. The van der Waals surface area contributed by atoms with Crippen molar-refractivity contribution >= 4 is 15.9 Å². The predicted octanol–water partition coefficient (Wildman–Crippen LogP) is 3.35. The molecule has 1 amide bonds. The number of benzene rings is 2. The quantitative estimate of drug-likeness (QED) is 0.683. The first-order valence-electron chi connectivity index (χ1n) is 9.57. The molecule has 7 heteroatoms. The lowest BCUT2D eigenvalue weighted by Gasteiger charge is -2.20. The highest BCUT2D eigenvalue weighted by Gasteiger charge is 2.22. The highest BCUT2D eigenvalue weighted by Crippen LogP contribution is 2.14. The molecule has 0 bridgehead atoms. The number of hydrogen-bond acceptors (Lipinski definition) is 3. The summed E-state index contributed by atoms with van der Waals surface area (Å²) in [5.41, 5.74) is 1.35. The Morgan fingerprint density at radius 2 is 1.57 bits per heavy atom. The molecule has 156 valence electrons.